The van der Waals surface area contributed by atoms with E-state index in [1.807, 2.05) is 20.8 Å². The van der Waals surface area contributed by atoms with Gasteiger partial charge >= 0.3 is 6.18 Å². The number of carbonyl (C=O) groups excluding carboxylic acids is 1. The number of carbonyl (C=O) groups is 1. The van der Waals surface area contributed by atoms with E-state index in [0.717, 1.165) is 12.1 Å². The van der Waals surface area contributed by atoms with E-state index in [2.05, 4.69) is 10.6 Å². The fourth-order valence-corrected chi connectivity index (χ4v) is 1.65. The second-order valence-corrected chi connectivity index (χ2v) is 5.40. The Morgan fingerprint density at radius 1 is 1.24 bits per heavy atom. The molecule has 0 heterocycles. The molecule has 0 spiro atoms. The van der Waals surface area contributed by atoms with Crippen LogP contribution in [0.5, 0.6) is 0 Å². The maximum Gasteiger partial charge on any atom is 0.416 e. The first kappa shape index (κ1) is 17.5. The number of hydrogen-bond donors (Lipinski definition) is 2. The molecule has 0 radical (unpaired) electrons. The van der Waals surface area contributed by atoms with Gasteiger partial charge in [0.05, 0.1) is 12.1 Å². The average Bonchev–Trinajstić information content (AvgIpc) is 2.37. The Balaban J connectivity index is 2.44. The molecule has 0 bridgehead atoms. The minimum Gasteiger partial charge on any atom is -0.352 e. The number of amides is 1. The fourth-order valence-electron chi connectivity index (χ4n) is 1.65. The predicted octanol–water partition coefficient (Wildman–Crippen LogP) is 2.96. The van der Waals surface area contributed by atoms with Gasteiger partial charge in [0.1, 0.15) is 0 Å². The lowest BCUT2D eigenvalue weighted by Crippen LogP contribution is -2.41. The highest BCUT2D eigenvalue weighted by atomic mass is 19.4. The summed E-state index contributed by atoms with van der Waals surface area (Å²) in [6, 6.07) is 5.13. The minimum atomic E-state index is -4.35. The van der Waals surface area contributed by atoms with Crippen molar-refractivity contribution >= 4 is 5.91 Å². The van der Waals surface area contributed by atoms with Crippen LogP contribution in [0.2, 0.25) is 0 Å². The molecular weight excluding hydrogens is 281 g/mol. The molecule has 1 amide bonds. The van der Waals surface area contributed by atoms with Gasteiger partial charge in [0.15, 0.2) is 0 Å². The predicted molar refractivity (Wildman–Crippen MR) is 75.6 cm³/mol. The Morgan fingerprint density at radius 2 is 1.90 bits per heavy atom. The van der Waals surface area contributed by atoms with Crippen molar-refractivity contribution in [3.8, 4) is 0 Å². The Labute approximate surface area is 122 Å². The molecule has 1 aromatic rings. The third kappa shape index (κ3) is 6.16. The summed E-state index contributed by atoms with van der Waals surface area (Å²) in [7, 11) is 0. The molecule has 21 heavy (non-hydrogen) atoms. The van der Waals surface area contributed by atoms with Crippen molar-refractivity contribution in [2.45, 2.75) is 39.5 Å². The summed E-state index contributed by atoms with van der Waals surface area (Å²) in [6.45, 7) is 6.21. The van der Waals surface area contributed by atoms with Crippen molar-refractivity contribution < 1.29 is 18.0 Å². The monoisotopic (exact) mass is 302 g/mol. The van der Waals surface area contributed by atoms with Gasteiger partial charge in [-0.05, 0) is 24.5 Å². The number of alkyl halides is 3. The lowest BCUT2D eigenvalue weighted by molar-refractivity contribution is -0.137. The standard InChI is InChI=1S/C15H21F3N2O/c1-10(2)11(3)20-14(21)9-19-8-12-5-4-6-13(7-12)15(16,17)18/h4-7,10-11,19H,8-9H2,1-3H3,(H,20,21). The van der Waals surface area contributed by atoms with Crippen LogP contribution >= 0.6 is 0 Å². The third-order valence-electron chi connectivity index (χ3n) is 3.26. The van der Waals surface area contributed by atoms with E-state index in [1.165, 1.54) is 6.07 Å². The van der Waals surface area contributed by atoms with Gasteiger partial charge in [-0.15, -0.1) is 0 Å². The van der Waals surface area contributed by atoms with Gasteiger partial charge in [-0.1, -0.05) is 32.0 Å². The van der Waals surface area contributed by atoms with Crippen LogP contribution in [0.4, 0.5) is 13.2 Å². The molecule has 0 saturated heterocycles. The van der Waals surface area contributed by atoms with Gasteiger partial charge in [-0.3, -0.25) is 4.79 Å². The lowest BCUT2D eigenvalue weighted by atomic mass is 10.1. The molecule has 1 atom stereocenters. The van der Waals surface area contributed by atoms with Crippen molar-refractivity contribution in [1.82, 2.24) is 10.6 Å². The van der Waals surface area contributed by atoms with Crippen LogP contribution in [-0.4, -0.2) is 18.5 Å². The van der Waals surface area contributed by atoms with Gasteiger partial charge in [0.2, 0.25) is 5.91 Å². The van der Waals surface area contributed by atoms with Crippen LogP contribution < -0.4 is 10.6 Å². The summed E-state index contributed by atoms with van der Waals surface area (Å²) in [4.78, 5) is 11.6. The largest absolute Gasteiger partial charge is 0.416 e. The number of benzene rings is 1. The first-order valence-electron chi connectivity index (χ1n) is 6.86. The van der Waals surface area contributed by atoms with Crippen molar-refractivity contribution in [2.75, 3.05) is 6.54 Å². The summed E-state index contributed by atoms with van der Waals surface area (Å²) in [5.74, 6) is 0.167. The van der Waals surface area contributed by atoms with Gasteiger partial charge in [0.25, 0.3) is 0 Å². The molecule has 0 aromatic heterocycles. The SMILES string of the molecule is CC(C)C(C)NC(=O)CNCc1cccc(C(F)(F)F)c1. The molecule has 0 aliphatic heterocycles. The van der Waals surface area contributed by atoms with Gasteiger partial charge in [-0.2, -0.15) is 13.2 Å². The van der Waals surface area contributed by atoms with E-state index in [1.54, 1.807) is 6.07 Å². The second kappa shape index (κ2) is 7.45. The van der Waals surface area contributed by atoms with E-state index in [4.69, 9.17) is 0 Å². The van der Waals surface area contributed by atoms with E-state index in [-0.39, 0.29) is 25.0 Å². The molecular formula is C15H21F3N2O. The van der Waals surface area contributed by atoms with E-state index >= 15 is 0 Å². The van der Waals surface area contributed by atoms with E-state index < -0.39 is 11.7 Å². The lowest BCUT2D eigenvalue weighted by Gasteiger charge is -2.17. The third-order valence-corrected chi connectivity index (χ3v) is 3.26. The number of hydrogen-bond acceptors (Lipinski definition) is 2. The van der Waals surface area contributed by atoms with Crippen LogP contribution in [-0.2, 0) is 17.5 Å². The summed E-state index contributed by atoms with van der Waals surface area (Å²) in [5.41, 5.74) is -0.186. The maximum absolute atomic E-state index is 12.6. The molecule has 3 nitrogen and oxygen atoms in total. The molecule has 0 aliphatic carbocycles. The first-order chi connectivity index (χ1) is 9.70. The molecule has 1 aromatic carbocycles. The highest BCUT2D eigenvalue weighted by molar-refractivity contribution is 5.78. The normalized spacial score (nSPS) is 13.3. The van der Waals surface area contributed by atoms with E-state index in [0.29, 0.717) is 11.5 Å². The summed E-state index contributed by atoms with van der Waals surface area (Å²) >= 11 is 0. The molecule has 2 N–H and O–H groups in total. The Morgan fingerprint density at radius 3 is 2.48 bits per heavy atom. The van der Waals surface area contributed by atoms with Crippen LogP contribution in [0, 0.1) is 5.92 Å². The van der Waals surface area contributed by atoms with Gasteiger partial charge in [-0.25, -0.2) is 0 Å². The molecule has 118 valence electrons. The minimum absolute atomic E-state index is 0.0628. The number of nitrogens with one attached hydrogen (secondary N) is 2. The van der Waals surface area contributed by atoms with Crippen LogP contribution in [0.3, 0.4) is 0 Å². The average molecular weight is 302 g/mol. The fraction of sp³-hybridized carbons (Fsp3) is 0.533. The molecule has 1 unspecified atom stereocenters. The zero-order valence-corrected chi connectivity index (χ0v) is 12.4. The Bertz CT molecular complexity index is 472. The van der Waals surface area contributed by atoms with Crippen LogP contribution in [0.15, 0.2) is 24.3 Å². The number of rotatable bonds is 6. The quantitative estimate of drug-likeness (QED) is 0.848. The Kier molecular flexibility index (Phi) is 6.20. The van der Waals surface area contributed by atoms with Crippen LogP contribution in [0.1, 0.15) is 31.9 Å². The van der Waals surface area contributed by atoms with Crippen molar-refractivity contribution in [3.63, 3.8) is 0 Å². The highest BCUT2D eigenvalue weighted by Gasteiger charge is 2.30. The maximum atomic E-state index is 12.6. The van der Waals surface area contributed by atoms with E-state index in [9.17, 15) is 18.0 Å². The molecule has 0 saturated carbocycles. The van der Waals surface area contributed by atoms with Crippen molar-refractivity contribution in [3.05, 3.63) is 35.4 Å². The topological polar surface area (TPSA) is 41.1 Å². The molecule has 0 fully saturated rings. The first-order valence-corrected chi connectivity index (χ1v) is 6.86. The molecule has 6 heteroatoms. The zero-order chi connectivity index (χ0) is 16.0. The van der Waals surface area contributed by atoms with Gasteiger partial charge < -0.3 is 10.6 Å². The zero-order valence-electron chi connectivity index (χ0n) is 12.4. The van der Waals surface area contributed by atoms with Gasteiger partial charge in [0, 0.05) is 12.6 Å². The van der Waals surface area contributed by atoms with Crippen molar-refractivity contribution in [2.24, 2.45) is 5.92 Å². The highest BCUT2D eigenvalue weighted by Crippen LogP contribution is 2.29. The summed E-state index contributed by atoms with van der Waals surface area (Å²) in [6.07, 6.45) is -4.35. The molecule has 0 aliphatic rings. The Hall–Kier alpha value is -1.56. The number of halogens is 3. The van der Waals surface area contributed by atoms with Crippen molar-refractivity contribution in [1.29, 1.82) is 0 Å². The second-order valence-electron chi connectivity index (χ2n) is 5.40. The smallest absolute Gasteiger partial charge is 0.352 e. The summed E-state index contributed by atoms with van der Waals surface area (Å²) in [5, 5.41) is 5.66. The molecule has 1 rings (SSSR count). The summed E-state index contributed by atoms with van der Waals surface area (Å²) < 4.78 is 37.7. The van der Waals surface area contributed by atoms with Crippen LogP contribution in [0.25, 0.3) is 0 Å².